The van der Waals surface area contributed by atoms with Crippen LogP contribution in [0.15, 0.2) is 48.5 Å². The van der Waals surface area contributed by atoms with Crippen molar-refractivity contribution < 1.29 is 19.1 Å². The summed E-state index contributed by atoms with van der Waals surface area (Å²) < 4.78 is 10.8. The third kappa shape index (κ3) is 9.05. The maximum Gasteiger partial charge on any atom is 0.225 e. The fourth-order valence-corrected chi connectivity index (χ4v) is 3.57. The zero-order valence-corrected chi connectivity index (χ0v) is 17.9. The average Bonchev–Trinajstić information content (AvgIpc) is 2.71. The van der Waals surface area contributed by atoms with E-state index in [1.165, 1.54) is 0 Å². The van der Waals surface area contributed by atoms with E-state index < -0.39 is 0 Å². The Kier molecular flexibility index (Phi) is 10.1. The van der Waals surface area contributed by atoms with Gasteiger partial charge in [0.25, 0.3) is 0 Å². The predicted octanol–water partition coefficient (Wildman–Crippen LogP) is 4.75. The van der Waals surface area contributed by atoms with Crippen molar-refractivity contribution in [3.05, 3.63) is 54.1 Å². The molecule has 29 heavy (non-hydrogen) atoms. The fourth-order valence-electron chi connectivity index (χ4n) is 2.66. The van der Waals surface area contributed by atoms with E-state index in [1.54, 1.807) is 11.8 Å². The largest absolute Gasteiger partial charge is 0.494 e. The first-order valence-electron chi connectivity index (χ1n) is 9.94. The van der Waals surface area contributed by atoms with Gasteiger partial charge in [0.05, 0.1) is 13.2 Å². The van der Waals surface area contributed by atoms with Gasteiger partial charge in [0.1, 0.15) is 17.3 Å². The smallest absolute Gasteiger partial charge is 0.225 e. The van der Waals surface area contributed by atoms with E-state index in [0.717, 1.165) is 28.5 Å². The first-order chi connectivity index (χ1) is 14.1. The first kappa shape index (κ1) is 22.8. The number of Topliss-reactive ketones (excluding diaryl/α,β-unsaturated/α-hetero) is 1. The molecule has 1 amide bonds. The SMILES string of the molecule is CCOc1ccc(CC(=O)CCSCCC(=O)Nc2ccc(OCC)cc2)cc1. The second-order valence-corrected chi connectivity index (χ2v) is 7.64. The Morgan fingerprint density at radius 1 is 0.828 bits per heavy atom. The van der Waals surface area contributed by atoms with Gasteiger partial charge in [-0.1, -0.05) is 12.1 Å². The van der Waals surface area contributed by atoms with Gasteiger partial charge in [-0.3, -0.25) is 9.59 Å². The minimum atomic E-state index is -0.0256. The predicted molar refractivity (Wildman–Crippen MR) is 119 cm³/mol. The van der Waals surface area contributed by atoms with Crippen LogP contribution in [-0.4, -0.2) is 36.4 Å². The third-order valence-corrected chi connectivity index (χ3v) is 5.07. The molecule has 0 heterocycles. The summed E-state index contributed by atoms with van der Waals surface area (Å²) in [6.07, 6.45) is 1.37. The van der Waals surface area contributed by atoms with Crippen LogP contribution in [0, 0.1) is 0 Å². The molecule has 0 aliphatic rings. The molecule has 0 bridgehead atoms. The zero-order chi connectivity index (χ0) is 20.9. The molecule has 0 fully saturated rings. The van der Waals surface area contributed by atoms with E-state index in [2.05, 4.69) is 5.32 Å². The number of amides is 1. The van der Waals surface area contributed by atoms with Crippen LogP contribution in [0.1, 0.15) is 32.3 Å². The number of ether oxygens (including phenoxy) is 2. The Morgan fingerprint density at radius 2 is 1.38 bits per heavy atom. The highest BCUT2D eigenvalue weighted by molar-refractivity contribution is 7.99. The van der Waals surface area contributed by atoms with Gasteiger partial charge in [-0.15, -0.1) is 0 Å². The molecule has 6 heteroatoms. The zero-order valence-electron chi connectivity index (χ0n) is 17.1. The molecule has 0 aliphatic carbocycles. The number of rotatable bonds is 13. The summed E-state index contributed by atoms with van der Waals surface area (Å²) in [6, 6.07) is 15.0. The summed E-state index contributed by atoms with van der Waals surface area (Å²) in [5.41, 5.74) is 1.76. The number of carbonyl (C=O) groups excluding carboxylic acids is 2. The van der Waals surface area contributed by atoms with Gasteiger partial charge in [0.15, 0.2) is 0 Å². The Balaban J connectivity index is 1.58. The Labute approximate surface area is 177 Å². The Morgan fingerprint density at radius 3 is 1.97 bits per heavy atom. The molecule has 2 aromatic carbocycles. The number of ketones is 1. The summed E-state index contributed by atoms with van der Waals surface area (Å²) in [6.45, 7) is 5.12. The van der Waals surface area contributed by atoms with Gasteiger partial charge < -0.3 is 14.8 Å². The van der Waals surface area contributed by atoms with Crippen molar-refractivity contribution in [2.45, 2.75) is 33.1 Å². The monoisotopic (exact) mass is 415 g/mol. The quantitative estimate of drug-likeness (QED) is 0.478. The van der Waals surface area contributed by atoms with Gasteiger partial charge in [-0.05, 0) is 55.8 Å². The molecule has 2 rings (SSSR count). The van der Waals surface area contributed by atoms with E-state index in [0.29, 0.717) is 38.2 Å². The van der Waals surface area contributed by atoms with Crippen LogP contribution in [0.5, 0.6) is 11.5 Å². The number of benzene rings is 2. The van der Waals surface area contributed by atoms with Crippen LogP contribution < -0.4 is 14.8 Å². The van der Waals surface area contributed by atoms with Crippen LogP contribution in [0.2, 0.25) is 0 Å². The molecule has 5 nitrogen and oxygen atoms in total. The molecule has 0 aromatic heterocycles. The van der Waals surface area contributed by atoms with Crippen molar-refractivity contribution in [1.29, 1.82) is 0 Å². The lowest BCUT2D eigenvalue weighted by Crippen LogP contribution is -2.12. The Hall–Kier alpha value is -2.47. The number of carbonyl (C=O) groups is 2. The third-order valence-electron chi connectivity index (χ3n) is 4.08. The Bertz CT molecular complexity index is 694. The number of hydrogen-bond donors (Lipinski definition) is 1. The highest BCUT2D eigenvalue weighted by atomic mass is 32.2. The van der Waals surface area contributed by atoms with Crippen LogP contribution in [-0.2, 0) is 16.0 Å². The lowest BCUT2D eigenvalue weighted by Gasteiger charge is -2.07. The number of nitrogens with one attached hydrogen (secondary N) is 1. The topological polar surface area (TPSA) is 64.6 Å². The molecule has 0 spiro atoms. The summed E-state index contributed by atoms with van der Waals surface area (Å²) >= 11 is 1.63. The molecule has 0 atom stereocenters. The molecule has 0 radical (unpaired) electrons. The highest BCUT2D eigenvalue weighted by Crippen LogP contribution is 2.16. The van der Waals surface area contributed by atoms with Crippen LogP contribution in [0.3, 0.4) is 0 Å². The average molecular weight is 416 g/mol. The first-order valence-corrected chi connectivity index (χ1v) is 11.1. The number of anilines is 1. The fraction of sp³-hybridized carbons (Fsp3) is 0.391. The van der Waals surface area contributed by atoms with Crippen molar-refractivity contribution in [2.24, 2.45) is 0 Å². The number of hydrogen-bond acceptors (Lipinski definition) is 5. The van der Waals surface area contributed by atoms with Crippen LogP contribution in [0.25, 0.3) is 0 Å². The molecule has 2 aromatic rings. The minimum Gasteiger partial charge on any atom is -0.494 e. The van der Waals surface area contributed by atoms with E-state index in [4.69, 9.17) is 9.47 Å². The molecule has 1 N–H and O–H groups in total. The molecule has 156 valence electrons. The molecular formula is C23H29NO4S. The van der Waals surface area contributed by atoms with E-state index in [1.807, 2.05) is 62.4 Å². The molecule has 0 unspecified atom stereocenters. The van der Waals surface area contributed by atoms with Crippen molar-refractivity contribution in [3.8, 4) is 11.5 Å². The second kappa shape index (κ2) is 12.9. The van der Waals surface area contributed by atoms with Gasteiger partial charge in [-0.25, -0.2) is 0 Å². The lowest BCUT2D eigenvalue weighted by atomic mass is 10.1. The maximum absolute atomic E-state index is 12.1. The summed E-state index contributed by atoms with van der Waals surface area (Å²) in [7, 11) is 0. The molecule has 0 saturated heterocycles. The molecule has 0 aliphatic heterocycles. The van der Waals surface area contributed by atoms with E-state index in [-0.39, 0.29) is 11.7 Å². The van der Waals surface area contributed by atoms with E-state index >= 15 is 0 Å². The van der Waals surface area contributed by atoms with Crippen molar-refractivity contribution in [2.75, 3.05) is 30.0 Å². The standard InChI is InChI=1S/C23H29NO4S/c1-3-27-21-9-5-18(6-10-21)17-20(25)13-15-29-16-14-23(26)24-19-7-11-22(12-8-19)28-4-2/h5-12H,3-4,13-17H2,1-2H3,(H,24,26). The molecular weight excluding hydrogens is 386 g/mol. The maximum atomic E-state index is 12.1. The summed E-state index contributed by atoms with van der Waals surface area (Å²) in [5.74, 6) is 3.22. The second-order valence-electron chi connectivity index (χ2n) is 6.41. The van der Waals surface area contributed by atoms with E-state index in [9.17, 15) is 9.59 Å². The van der Waals surface area contributed by atoms with Gasteiger partial charge in [0, 0.05) is 36.5 Å². The lowest BCUT2D eigenvalue weighted by molar-refractivity contribution is -0.118. The van der Waals surface area contributed by atoms with Crippen LogP contribution >= 0.6 is 11.8 Å². The van der Waals surface area contributed by atoms with Crippen LogP contribution in [0.4, 0.5) is 5.69 Å². The highest BCUT2D eigenvalue weighted by Gasteiger charge is 2.06. The normalized spacial score (nSPS) is 10.4. The van der Waals surface area contributed by atoms with Gasteiger partial charge in [-0.2, -0.15) is 11.8 Å². The van der Waals surface area contributed by atoms with Crippen molar-refractivity contribution in [1.82, 2.24) is 0 Å². The van der Waals surface area contributed by atoms with Crippen molar-refractivity contribution in [3.63, 3.8) is 0 Å². The number of thioether (sulfide) groups is 1. The van der Waals surface area contributed by atoms with Crippen molar-refractivity contribution >= 4 is 29.1 Å². The molecule has 0 saturated carbocycles. The van der Waals surface area contributed by atoms with Gasteiger partial charge in [0.2, 0.25) is 5.91 Å². The summed E-state index contributed by atoms with van der Waals surface area (Å²) in [5, 5.41) is 2.87. The summed E-state index contributed by atoms with van der Waals surface area (Å²) in [4.78, 5) is 24.1. The minimum absolute atomic E-state index is 0.0256. The van der Waals surface area contributed by atoms with Gasteiger partial charge >= 0.3 is 0 Å².